The first-order valence-corrected chi connectivity index (χ1v) is 21.7. The van der Waals surface area contributed by atoms with Crippen LogP contribution in [0, 0.1) is 0 Å². The van der Waals surface area contributed by atoms with E-state index in [4.69, 9.17) is 19.3 Å². The van der Waals surface area contributed by atoms with Crippen molar-refractivity contribution >= 4 is 19.8 Å². The van der Waals surface area contributed by atoms with Gasteiger partial charge in [0.15, 0.2) is 6.10 Å². The van der Waals surface area contributed by atoms with Gasteiger partial charge in [0.1, 0.15) is 6.61 Å². The monoisotopic (exact) mass is 816 g/mol. The molecule has 0 aromatic carbocycles. The molecule has 0 aliphatic heterocycles. The highest BCUT2D eigenvalue weighted by atomic mass is 31.2. The van der Waals surface area contributed by atoms with Gasteiger partial charge in [0.25, 0.3) is 0 Å². The highest BCUT2D eigenvalue weighted by molar-refractivity contribution is 7.46. The summed E-state index contributed by atoms with van der Waals surface area (Å²) in [6.07, 6.45) is 44.4. The molecule has 0 bridgehead atoms. The summed E-state index contributed by atoms with van der Waals surface area (Å²) in [6.45, 7) is 3.03. The SMILES string of the molecule is CC/C=C\C/C=C\C/C=C\C/C=C\C/C=C\CCCCCC(=O)O[C@H](COC(=O)CCC[C@H](O)[C@@H](O)\C=C/C=C\C=C\C=C\[C@H](O)C/C=C\CC)COP(=O)(O)O. The average Bonchev–Trinajstić information content (AvgIpc) is 3.17. The fraction of sp³-hybridized carbons (Fsp3) is 0.511. The first-order chi connectivity index (χ1) is 27.5. The van der Waals surface area contributed by atoms with Crippen LogP contribution in [0.2, 0.25) is 0 Å². The van der Waals surface area contributed by atoms with Gasteiger partial charge in [0.05, 0.1) is 24.9 Å². The number of ether oxygens (including phenoxy) is 2. The Labute approximate surface area is 341 Å². The molecule has 0 heterocycles. The first-order valence-electron chi connectivity index (χ1n) is 20.2. The number of hydrogen-bond acceptors (Lipinski definition) is 9. The lowest BCUT2D eigenvalue weighted by molar-refractivity contribution is -0.161. The first kappa shape index (κ1) is 53.3. The Balaban J connectivity index is 4.36. The lowest BCUT2D eigenvalue weighted by Crippen LogP contribution is -2.29. The van der Waals surface area contributed by atoms with Crippen LogP contribution in [0.15, 0.2) is 122 Å². The molecule has 4 atom stereocenters. The molecule has 0 rings (SSSR count). The third-order valence-corrected chi connectivity index (χ3v) is 8.30. The van der Waals surface area contributed by atoms with Crippen LogP contribution >= 0.6 is 7.82 Å². The fourth-order valence-electron chi connectivity index (χ4n) is 4.74. The maximum absolute atomic E-state index is 12.4. The number of aliphatic hydroxyl groups excluding tert-OH is 3. The van der Waals surface area contributed by atoms with Gasteiger partial charge in [0.2, 0.25) is 0 Å². The minimum atomic E-state index is -4.86. The van der Waals surface area contributed by atoms with Gasteiger partial charge >= 0.3 is 19.8 Å². The Morgan fingerprint density at radius 3 is 1.72 bits per heavy atom. The van der Waals surface area contributed by atoms with Crippen LogP contribution in [0.3, 0.4) is 0 Å². The van der Waals surface area contributed by atoms with E-state index in [0.717, 1.165) is 57.8 Å². The van der Waals surface area contributed by atoms with Crippen molar-refractivity contribution in [2.75, 3.05) is 13.2 Å². The molecule has 0 spiro atoms. The Bertz CT molecular complexity index is 1380. The quantitative estimate of drug-likeness (QED) is 0.0137. The number of carbonyl (C=O) groups is 2. The van der Waals surface area contributed by atoms with Gasteiger partial charge < -0.3 is 34.6 Å². The normalized spacial score (nSPS) is 15.4. The number of phosphoric ester groups is 1. The Kier molecular flexibility index (Phi) is 35.4. The summed E-state index contributed by atoms with van der Waals surface area (Å²) in [4.78, 5) is 42.9. The molecule has 12 heteroatoms. The van der Waals surface area contributed by atoms with Gasteiger partial charge in [-0.05, 0) is 77.0 Å². The van der Waals surface area contributed by atoms with E-state index in [1.54, 1.807) is 42.5 Å². The molecule has 0 aromatic heterocycles. The Morgan fingerprint density at radius 2 is 1.12 bits per heavy atom. The van der Waals surface area contributed by atoms with E-state index in [0.29, 0.717) is 12.8 Å². The highest BCUT2D eigenvalue weighted by Crippen LogP contribution is 2.36. The summed E-state index contributed by atoms with van der Waals surface area (Å²) in [5, 5.41) is 30.2. The van der Waals surface area contributed by atoms with Gasteiger partial charge in [-0.2, -0.15) is 0 Å². The maximum Gasteiger partial charge on any atom is 0.469 e. The van der Waals surface area contributed by atoms with Crippen molar-refractivity contribution in [3.05, 3.63) is 122 Å². The zero-order valence-electron chi connectivity index (χ0n) is 34.0. The van der Waals surface area contributed by atoms with Crippen LogP contribution in [0.5, 0.6) is 0 Å². The van der Waals surface area contributed by atoms with Gasteiger partial charge in [-0.3, -0.25) is 14.1 Å². The molecule has 0 saturated carbocycles. The van der Waals surface area contributed by atoms with Crippen molar-refractivity contribution in [1.82, 2.24) is 0 Å². The van der Waals surface area contributed by atoms with Gasteiger partial charge in [0, 0.05) is 12.8 Å². The fourth-order valence-corrected chi connectivity index (χ4v) is 5.10. The molecule has 0 radical (unpaired) electrons. The number of hydrogen-bond donors (Lipinski definition) is 5. The van der Waals surface area contributed by atoms with Crippen molar-refractivity contribution in [1.29, 1.82) is 0 Å². The third kappa shape index (κ3) is 39.0. The molecule has 0 fully saturated rings. The van der Waals surface area contributed by atoms with E-state index in [1.165, 1.54) is 6.08 Å². The van der Waals surface area contributed by atoms with Crippen LogP contribution < -0.4 is 0 Å². The number of rotatable bonds is 34. The Morgan fingerprint density at radius 1 is 0.596 bits per heavy atom. The predicted octanol–water partition coefficient (Wildman–Crippen LogP) is 9.09. The number of carbonyl (C=O) groups excluding carboxylic acids is 2. The van der Waals surface area contributed by atoms with E-state index < -0.39 is 57.4 Å². The van der Waals surface area contributed by atoms with Crippen LogP contribution in [0.4, 0.5) is 0 Å². The second-order valence-corrected chi connectivity index (χ2v) is 14.3. The van der Waals surface area contributed by atoms with Crippen molar-refractivity contribution < 1.29 is 53.3 Å². The smallest absolute Gasteiger partial charge is 0.462 e. The maximum atomic E-state index is 12.4. The van der Waals surface area contributed by atoms with E-state index in [2.05, 4.69) is 72.2 Å². The van der Waals surface area contributed by atoms with Crippen LogP contribution in [0.1, 0.15) is 110 Å². The summed E-state index contributed by atoms with van der Waals surface area (Å²) in [7, 11) is -4.86. The zero-order chi connectivity index (χ0) is 42.2. The number of esters is 2. The Hall–Kier alpha value is -3.67. The van der Waals surface area contributed by atoms with Gasteiger partial charge in [-0.15, -0.1) is 0 Å². The molecule has 0 unspecified atom stereocenters. The second-order valence-electron chi connectivity index (χ2n) is 13.1. The second kappa shape index (κ2) is 37.9. The predicted molar refractivity (Wildman–Crippen MR) is 229 cm³/mol. The van der Waals surface area contributed by atoms with Crippen LogP contribution in [-0.2, 0) is 28.2 Å². The minimum Gasteiger partial charge on any atom is -0.462 e. The number of aliphatic hydroxyl groups is 3. The van der Waals surface area contributed by atoms with Crippen molar-refractivity contribution in [3.63, 3.8) is 0 Å². The zero-order valence-corrected chi connectivity index (χ0v) is 34.9. The van der Waals surface area contributed by atoms with Crippen molar-refractivity contribution in [3.8, 4) is 0 Å². The van der Waals surface area contributed by atoms with E-state index in [1.807, 2.05) is 19.1 Å². The summed E-state index contributed by atoms with van der Waals surface area (Å²) in [5.41, 5.74) is 0. The van der Waals surface area contributed by atoms with E-state index in [-0.39, 0.29) is 25.7 Å². The van der Waals surface area contributed by atoms with Crippen molar-refractivity contribution in [2.24, 2.45) is 0 Å². The third-order valence-electron chi connectivity index (χ3n) is 7.82. The molecule has 5 N–H and O–H groups in total. The lowest BCUT2D eigenvalue weighted by Gasteiger charge is -2.18. The van der Waals surface area contributed by atoms with Crippen LogP contribution in [0.25, 0.3) is 0 Å². The molecule has 0 saturated heterocycles. The molecular formula is C45H69O11P. The standard InChI is InChI=1S/C45H69O11P/c1-3-5-7-8-9-10-11-12-13-14-15-16-17-18-19-20-21-26-30-36-45(50)56-41(39-55-57(51,52)53)38-54-44(49)37-31-35-43(48)42(47)34-29-25-23-22-24-28-33-40(46)32-27-6-4-2/h5-7,9-10,12-13,15-16,18-19,22-25,27-29,33-34,40-43,46-48H,3-4,8,11,14,17,20-21,26,30-32,35-39H2,1-2H3,(H2,51,52,53)/b7-5-,10-9-,13-12-,16-15-,19-18-,24-22+,25-23-,27-6-,33-28+,34-29-/t40-,41-,42+,43+/m1/s1. The molecule has 0 aliphatic rings. The molecule has 57 heavy (non-hydrogen) atoms. The summed E-state index contributed by atoms with van der Waals surface area (Å²) in [5.74, 6) is -1.27. The molecule has 0 aliphatic carbocycles. The topological polar surface area (TPSA) is 180 Å². The van der Waals surface area contributed by atoms with Crippen LogP contribution in [-0.4, -0.2) is 74.7 Å². The van der Waals surface area contributed by atoms with E-state index >= 15 is 0 Å². The van der Waals surface area contributed by atoms with Crippen molar-refractivity contribution in [2.45, 2.75) is 135 Å². The lowest BCUT2D eigenvalue weighted by atomic mass is 10.1. The minimum absolute atomic E-state index is 0.0902. The molecule has 320 valence electrons. The summed E-state index contributed by atoms with van der Waals surface area (Å²) < 4.78 is 26.1. The molecule has 0 aromatic rings. The van der Waals surface area contributed by atoms with Gasteiger partial charge in [-0.25, -0.2) is 4.57 Å². The number of phosphoric acid groups is 1. The molecule has 0 amide bonds. The average molecular weight is 817 g/mol. The van der Waals surface area contributed by atoms with E-state index in [9.17, 15) is 29.5 Å². The highest BCUT2D eigenvalue weighted by Gasteiger charge is 2.23. The number of unbranched alkanes of at least 4 members (excludes halogenated alkanes) is 3. The largest absolute Gasteiger partial charge is 0.469 e. The molecular weight excluding hydrogens is 747 g/mol. The van der Waals surface area contributed by atoms with Gasteiger partial charge in [-0.1, -0.05) is 142 Å². The summed E-state index contributed by atoms with van der Waals surface area (Å²) >= 11 is 0. The molecule has 11 nitrogen and oxygen atoms in total. The number of allylic oxidation sites excluding steroid dienone is 17. The summed E-state index contributed by atoms with van der Waals surface area (Å²) in [6, 6.07) is 0.